The highest BCUT2D eigenvalue weighted by molar-refractivity contribution is 6.01. The van der Waals surface area contributed by atoms with Gasteiger partial charge in [0, 0.05) is 11.3 Å². The molecule has 0 heterocycles. The van der Waals surface area contributed by atoms with E-state index in [2.05, 4.69) is 0 Å². The molecule has 0 aliphatic heterocycles. The van der Waals surface area contributed by atoms with Gasteiger partial charge in [-0.15, -0.1) is 0 Å². The zero-order valence-electron chi connectivity index (χ0n) is 15.5. The number of allylic oxidation sites excluding steroid dienone is 4. The SMILES string of the molecule is C[C@H]1C[C@H]2[C@@H]3CCC4=CC(=O)C=C[C@]4(C)[C@@]3(F)[C@@H](O)C[C@]2(C)[C@H]1C(=O)O. The van der Waals surface area contributed by atoms with Crippen LogP contribution in [0.5, 0.6) is 0 Å². The third-order valence-corrected chi connectivity index (χ3v) is 8.25. The molecule has 5 heteroatoms. The predicted molar refractivity (Wildman–Crippen MR) is 94.0 cm³/mol. The van der Waals surface area contributed by atoms with Crippen LogP contribution in [0.1, 0.15) is 46.5 Å². The number of hydrogen-bond donors (Lipinski definition) is 2. The topological polar surface area (TPSA) is 74.6 Å². The second-order valence-electron chi connectivity index (χ2n) is 9.38. The quantitative estimate of drug-likeness (QED) is 0.750. The van der Waals surface area contributed by atoms with Crippen molar-refractivity contribution in [3.05, 3.63) is 23.8 Å². The standard InChI is InChI=1S/C21H27FO4/c1-11-8-15-14-5-4-12-9-13(23)6-7-20(12,3)21(14,22)16(24)10-19(15,2)17(11)18(25)26/h6-7,9,11,14-17,24H,4-5,8,10H2,1-3H3,(H,25,26)/t11-,14-,15-,16-,17+,19-,20-,21-/m0/s1. The molecule has 0 spiro atoms. The molecule has 0 aromatic carbocycles. The number of rotatable bonds is 1. The van der Waals surface area contributed by atoms with Crippen molar-refractivity contribution in [2.24, 2.45) is 34.5 Å². The second kappa shape index (κ2) is 5.28. The number of alkyl halides is 1. The van der Waals surface area contributed by atoms with Crippen LogP contribution in [0.15, 0.2) is 23.8 Å². The molecule has 3 fully saturated rings. The van der Waals surface area contributed by atoms with Gasteiger partial charge >= 0.3 is 5.97 Å². The number of fused-ring (bicyclic) bond motifs is 5. The van der Waals surface area contributed by atoms with Crippen molar-refractivity contribution in [1.29, 1.82) is 0 Å². The molecule has 0 unspecified atom stereocenters. The van der Waals surface area contributed by atoms with Crippen LogP contribution in [0.2, 0.25) is 0 Å². The molecule has 4 rings (SSSR count). The minimum Gasteiger partial charge on any atom is -0.481 e. The van der Waals surface area contributed by atoms with Gasteiger partial charge in [0.1, 0.15) is 0 Å². The summed E-state index contributed by atoms with van der Waals surface area (Å²) in [5, 5.41) is 20.8. The highest BCUT2D eigenvalue weighted by Crippen LogP contribution is 2.69. The Morgan fingerprint density at radius 2 is 2.00 bits per heavy atom. The van der Waals surface area contributed by atoms with E-state index in [1.165, 1.54) is 12.2 Å². The Hall–Kier alpha value is -1.49. The van der Waals surface area contributed by atoms with Crippen molar-refractivity contribution in [2.45, 2.75) is 58.2 Å². The summed E-state index contributed by atoms with van der Waals surface area (Å²) in [4.78, 5) is 23.7. The molecule has 0 amide bonds. The third kappa shape index (κ3) is 1.93. The Balaban J connectivity index is 1.82. The fourth-order valence-corrected chi connectivity index (χ4v) is 7.10. The smallest absolute Gasteiger partial charge is 0.307 e. The molecule has 4 nitrogen and oxygen atoms in total. The number of aliphatic hydroxyl groups is 1. The van der Waals surface area contributed by atoms with E-state index in [-0.39, 0.29) is 24.0 Å². The molecular weight excluding hydrogens is 335 g/mol. The van der Waals surface area contributed by atoms with E-state index in [9.17, 15) is 19.8 Å². The van der Waals surface area contributed by atoms with Crippen molar-refractivity contribution < 1.29 is 24.2 Å². The lowest BCUT2D eigenvalue weighted by Crippen LogP contribution is -2.66. The molecule has 8 atom stereocenters. The molecule has 3 saturated carbocycles. The van der Waals surface area contributed by atoms with Crippen LogP contribution in [0.4, 0.5) is 4.39 Å². The minimum absolute atomic E-state index is 0.0368. The number of carboxylic acids is 1. The van der Waals surface area contributed by atoms with Crippen molar-refractivity contribution in [3.8, 4) is 0 Å². The van der Waals surface area contributed by atoms with Crippen LogP contribution in [0, 0.1) is 34.5 Å². The summed E-state index contributed by atoms with van der Waals surface area (Å²) in [5.74, 6) is -2.04. The fourth-order valence-electron chi connectivity index (χ4n) is 7.10. The minimum atomic E-state index is -1.87. The third-order valence-electron chi connectivity index (χ3n) is 8.25. The van der Waals surface area contributed by atoms with Gasteiger partial charge in [-0.1, -0.05) is 25.5 Å². The lowest BCUT2D eigenvalue weighted by atomic mass is 9.45. The summed E-state index contributed by atoms with van der Waals surface area (Å²) in [7, 11) is 0. The number of aliphatic hydroxyl groups excluding tert-OH is 1. The molecule has 0 aromatic heterocycles. The summed E-state index contributed by atoms with van der Waals surface area (Å²) in [5.41, 5.74) is -2.72. The molecule has 4 aliphatic carbocycles. The maximum Gasteiger partial charge on any atom is 0.307 e. The van der Waals surface area contributed by atoms with Gasteiger partial charge in [-0.2, -0.15) is 0 Å². The first-order chi connectivity index (χ1) is 12.1. The fraction of sp³-hybridized carbons (Fsp3) is 0.714. The van der Waals surface area contributed by atoms with Crippen molar-refractivity contribution in [1.82, 2.24) is 0 Å². The molecule has 0 saturated heterocycles. The number of carbonyl (C=O) groups excluding carboxylic acids is 1. The maximum atomic E-state index is 16.7. The zero-order valence-corrected chi connectivity index (χ0v) is 15.5. The molecule has 26 heavy (non-hydrogen) atoms. The number of carboxylic acid groups (broad SMARTS) is 1. The van der Waals surface area contributed by atoms with Crippen LogP contribution in [-0.2, 0) is 9.59 Å². The van der Waals surface area contributed by atoms with Gasteiger partial charge in [0.2, 0.25) is 0 Å². The summed E-state index contributed by atoms with van der Waals surface area (Å²) < 4.78 is 16.7. The van der Waals surface area contributed by atoms with Crippen LogP contribution in [0.25, 0.3) is 0 Å². The second-order valence-corrected chi connectivity index (χ2v) is 9.38. The molecular formula is C21H27FO4. The van der Waals surface area contributed by atoms with Gasteiger partial charge in [0.25, 0.3) is 0 Å². The molecule has 4 aliphatic rings. The van der Waals surface area contributed by atoms with Crippen molar-refractivity contribution in [3.63, 3.8) is 0 Å². The maximum absolute atomic E-state index is 16.7. The predicted octanol–water partition coefficient (Wildman–Crippen LogP) is 3.30. The van der Waals surface area contributed by atoms with E-state index in [1.54, 1.807) is 13.0 Å². The first kappa shape index (κ1) is 17.9. The first-order valence-corrected chi connectivity index (χ1v) is 9.59. The summed E-state index contributed by atoms with van der Waals surface area (Å²) in [6, 6.07) is 0. The first-order valence-electron chi connectivity index (χ1n) is 9.59. The average Bonchev–Trinajstić information content (AvgIpc) is 2.80. The number of halogens is 1. The van der Waals surface area contributed by atoms with Crippen LogP contribution >= 0.6 is 0 Å². The number of ketones is 1. The van der Waals surface area contributed by atoms with E-state index in [0.717, 1.165) is 5.57 Å². The van der Waals surface area contributed by atoms with E-state index < -0.39 is 40.4 Å². The highest BCUT2D eigenvalue weighted by atomic mass is 19.1. The monoisotopic (exact) mass is 362 g/mol. The Morgan fingerprint density at radius 3 is 2.65 bits per heavy atom. The van der Waals surface area contributed by atoms with Gasteiger partial charge in [-0.3, -0.25) is 9.59 Å². The van der Waals surface area contributed by atoms with E-state index >= 15 is 4.39 Å². The van der Waals surface area contributed by atoms with E-state index in [1.807, 2.05) is 13.8 Å². The Bertz CT molecular complexity index is 742. The average molecular weight is 362 g/mol. The van der Waals surface area contributed by atoms with E-state index in [4.69, 9.17) is 0 Å². The van der Waals surface area contributed by atoms with Crippen molar-refractivity contribution in [2.75, 3.05) is 0 Å². The number of carbonyl (C=O) groups is 2. The Kier molecular flexibility index (Phi) is 3.63. The van der Waals surface area contributed by atoms with Gasteiger partial charge in [-0.25, -0.2) is 4.39 Å². The normalized spacial score (nSPS) is 52.7. The molecule has 0 aromatic rings. The summed E-state index contributed by atoms with van der Waals surface area (Å²) in [6.45, 7) is 5.65. The highest BCUT2D eigenvalue weighted by Gasteiger charge is 2.71. The molecule has 142 valence electrons. The number of aliphatic carboxylic acids is 1. The Labute approximate surface area is 153 Å². The summed E-state index contributed by atoms with van der Waals surface area (Å²) >= 11 is 0. The molecule has 2 N–H and O–H groups in total. The molecule has 0 bridgehead atoms. The van der Waals surface area contributed by atoms with Gasteiger partial charge in [-0.05, 0) is 62.0 Å². The number of hydrogen-bond acceptors (Lipinski definition) is 3. The lowest BCUT2D eigenvalue weighted by Gasteiger charge is -2.61. The largest absolute Gasteiger partial charge is 0.481 e. The molecule has 0 radical (unpaired) electrons. The van der Waals surface area contributed by atoms with Crippen LogP contribution in [0.3, 0.4) is 0 Å². The van der Waals surface area contributed by atoms with Gasteiger partial charge in [0.05, 0.1) is 12.0 Å². The van der Waals surface area contributed by atoms with E-state index in [0.29, 0.717) is 19.3 Å². The van der Waals surface area contributed by atoms with Crippen LogP contribution in [-0.4, -0.2) is 33.7 Å². The van der Waals surface area contributed by atoms with Gasteiger partial charge in [0.15, 0.2) is 11.5 Å². The van der Waals surface area contributed by atoms with Crippen LogP contribution < -0.4 is 0 Å². The summed E-state index contributed by atoms with van der Waals surface area (Å²) in [6.07, 6.45) is 5.32. The Morgan fingerprint density at radius 1 is 1.31 bits per heavy atom. The zero-order chi connectivity index (χ0) is 19.1. The van der Waals surface area contributed by atoms with Crippen molar-refractivity contribution >= 4 is 11.8 Å². The lowest BCUT2D eigenvalue weighted by molar-refractivity contribution is -0.198. The van der Waals surface area contributed by atoms with Gasteiger partial charge < -0.3 is 10.2 Å².